The molecule has 5 rings (SSSR count). The Morgan fingerprint density at radius 2 is 1.90 bits per heavy atom. The van der Waals surface area contributed by atoms with E-state index in [2.05, 4.69) is 20.2 Å². The van der Waals surface area contributed by atoms with Gasteiger partial charge in [-0.05, 0) is 30.3 Å². The first-order valence-electron chi connectivity index (χ1n) is 10.2. The van der Waals surface area contributed by atoms with E-state index in [1.807, 2.05) is 47.4 Å². The molecule has 2 saturated heterocycles. The number of hydrogen-bond acceptors (Lipinski definition) is 8. The average molecular weight is 458 g/mol. The van der Waals surface area contributed by atoms with Crippen LogP contribution in [0.2, 0.25) is 0 Å². The minimum atomic E-state index is -2.97. The average Bonchev–Trinajstić information content (AvgIpc) is 3.26. The highest BCUT2D eigenvalue weighted by Crippen LogP contribution is 2.34. The number of aliphatic imine (C=N–C) groups is 1. The fraction of sp³-hybridized carbons (Fsp3) is 0.381. The quantitative estimate of drug-likeness (QED) is 0.750. The number of nitrogens with one attached hydrogen (secondary N) is 1. The van der Waals surface area contributed by atoms with E-state index in [-0.39, 0.29) is 28.7 Å². The lowest BCUT2D eigenvalue weighted by atomic mass is 10.1. The molecule has 31 heavy (non-hydrogen) atoms. The summed E-state index contributed by atoms with van der Waals surface area (Å²) in [6.07, 6.45) is 1.78. The fourth-order valence-electron chi connectivity index (χ4n) is 4.13. The lowest BCUT2D eigenvalue weighted by molar-refractivity contribution is 0.0746. The second-order valence-electron chi connectivity index (χ2n) is 7.91. The zero-order valence-corrected chi connectivity index (χ0v) is 18.5. The van der Waals surface area contributed by atoms with Crippen LogP contribution in [-0.4, -0.2) is 78.4 Å². The third kappa shape index (κ3) is 4.40. The van der Waals surface area contributed by atoms with Gasteiger partial charge in [-0.2, -0.15) is 0 Å². The van der Waals surface area contributed by atoms with Gasteiger partial charge in [0.25, 0.3) is 5.91 Å². The van der Waals surface area contributed by atoms with Crippen LogP contribution in [0.15, 0.2) is 53.7 Å². The molecule has 0 radical (unpaired) electrons. The molecule has 0 unspecified atom stereocenters. The van der Waals surface area contributed by atoms with Crippen molar-refractivity contribution in [2.24, 2.45) is 4.99 Å². The highest BCUT2D eigenvalue weighted by atomic mass is 32.2. The van der Waals surface area contributed by atoms with Gasteiger partial charge in [0.05, 0.1) is 17.5 Å². The van der Waals surface area contributed by atoms with Crippen LogP contribution in [0.1, 0.15) is 10.4 Å². The Morgan fingerprint density at radius 1 is 1.06 bits per heavy atom. The molecule has 0 spiro atoms. The van der Waals surface area contributed by atoms with E-state index in [4.69, 9.17) is 0 Å². The van der Waals surface area contributed by atoms with Gasteiger partial charge in [0.15, 0.2) is 15.0 Å². The number of amides is 1. The van der Waals surface area contributed by atoms with Crippen molar-refractivity contribution in [3.05, 3.63) is 54.2 Å². The molecule has 8 nitrogen and oxygen atoms in total. The number of fused-ring (bicyclic) bond motifs is 1. The number of carbonyl (C=O) groups is 1. The predicted molar refractivity (Wildman–Crippen MR) is 124 cm³/mol. The highest BCUT2D eigenvalue weighted by Gasteiger charge is 2.42. The molecule has 4 heterocycles. The number of benzene rings is 1. The zero-order valence-electron chi connectivity index (χ0n) is 16.8. The number of nitrogens with zero attached hydrogens (tertiary/aromatic N) is 4. The number of piperazine rings is 1. The summed E-state index contributed by atoms with van der Waals surface area (Å²) in [5, 5.41) is 3.97. The zero-order chi connectivity index (χ0) is 21.4. The first-order chi connectivity index (χ1) is 15.0. The van der Waals surface area contributed by atoms with Crippen molar-refractivity contribution < 1.29 is 13.2 Å². The van der Waals surface area contributed by atoms with Crippen LogP contribution in [0.3, 0.4) is 0 Å². The van der Waals surface area contributed by atoms with Crippen molar-refractivity contribution in [2.75, 3.05) is 47.9 Å². The smallest absolute Gasteiger partial charge is 0.254 e. The SMILES string of the molecule is O=C(c1cccc(NC2=N[C@@H]3CS(=O)(=O)C[C@H]3S2)c1)N1CCN(c2ccccn2)CC1. The van der Waals surface area contributed by atoms with Crippen molar-refractivity contribution in [3.8, 4) is 0 Å². The maximum atomic E-state index is 13.0. The van der Waals surface area contributed by atoms with Crippen LogP contribution in [-0.2, 0) is 9.84 Å². The molecule has 1 amide bonds. The lowest BCUT2D eigenvalue weighted by Crippen LogP contribution is -2.49. The molecule has 1 aromatic carbocycles. The number of thioether (sulfide) groups is 1. The summed E-state index contributed by atoms with van der Waals surface area (Å²) in [5.74, 6) is 1.25. The minimum absolute atomic E-state index is 0.00675. The maximum Gasteiger partial charge on any atom is 0.254 e. The summed E-state index contributed by atoms with van der Waals surface area (Å²) >= 11 is 1.47. The van der Waals surface area contributed by atoms with Crippen LogP contribution in [0, 0.1) is 0 Å². The summed E-state index contributed by atoms with van der Waals surface area (Å²) in [6.45, 7) is 2.79. The third-order valence-electron chi connectivity index (χ3n) is 5.72. The molecule has 0 saturated carbocycles. The van der Waals surface area contributed by atoms with E-state index >= 15 is 0 Å². The summed E-state index contributed by atoms with van der Waals surface area (Å²) in [5.41, 5.74) is 1.41. The Balaban J connectivity index is 1.21. The lowest BCUT2D eigenvalue weighted by Gasteiger charge is -2.35. The summed E-state index contributed by atoms with van der Waals surface area (Å²) in [4.78, 5) is 26.0. The first kappa shape index (κ1) is 20.3. The van der Waals surface area contributed by atoms with Gasteiger partial charge < -0.3 is 15.1 Å². The Kier molecular flexibility index (Phi) is 5.35. The van der Waals surface area contributed by atoms with E-state index in [1.54, 1.807) is 6.20 Å². The molecule has 2 atom stereocenters. The van der Waals surface area contributed by atoms with Gasteiger partial charge in [-0.15, -0.1) is 0 Å². The van der Waals surface area contributed by atoms with Crippen LogP contribution in [0.4, 0.5) is 11.5 Å². The minimum Gasteiger partial charge on any atom is -0.353 e. The number of carbonyl (C=O) groups excluding carboxylic acids is 1. The molecular weight excluding hydrogens is 434 g/mol. The second-order valence-corrected chi connectivity index (χ2v) is 11.3. The first-order valence-corrected chi connectivity index (χ1v) is 12.9. The Hall–Kier alpha value is -2.59. The summed E-state index contributed by atoms with van der Waals surface area (Å²) in [7, 11) is -2.97. The van der Waals surface area contributed by atoms with Crippen LogP contribution in [0.5, 0.6) is 0 Å². The van der Waals surface area contributed by atoms with Crippen LogP contribution < -0.4 is 10.2 Å². The summed E-state index contributed by atoms with van der Waals surface area (Å²) in [6, 6.07) is 13.1. The van der Waals surface area contributed by atoms with Gasteiger partial charge in [0.1, 0.15) is 5.82 Å². The van der Waals surface area contributed by atoms with Gasteiger partial charge in [-0.3, -0.25) is 9.79 Å². The van der Waals surface area contributed by atoms with Gasteiger partial charge in [0.2, 0.25) is 0 Å². The fourth-order valence-corrected chi connectivity index (χ4v) is 7.81. The van der Waals surface area contributed by atoms with Gasteiger partial charge >= 0.3 is 0 Å². The summed E-state index contributed by atoms with van der Waals surface area (Å²) < 4.78 is 23.5. The van der Waals surface area contributed by atoms with Gasteiger partial charge in [-0.25, -0.2) is 13.4 Å². The van der Waals surface area contributed by atoms with E-state index in [0.717, 1.165) is 29.8 Å². The third-order valence-corrected chi connectivity index (χ3v) is 8.86. The van der Waals surface area contributed by atoms with E-state index in [1.165, 1.54) is 11.8 Å². The van der Waals surface area contributed by atoms with Crippen molar-refractivity contribution >= 4 is 44.2 Å². The Morgan fingerprint density at radius 3 is 2.65 bits per heavy atom. The number of aromatic nitrogens is 1. The topological polar surface area (TPSA) is 95.0 Å². The van der Waals surface area contributed by atoms with Crippen molar-refractivity contribution in [1.82, 2.24) is 9.88 Å². The normalized spacial score (nSPS) is 24.6. The van der Waals surface area contributed by atoms with Crippen molar-refractivity contribution in [3.63, 3.8) is 0 Å². The van der Waals surface area contributed by atoms with E-state index in [9.17, 15) is 13.2 Å². The van der Waals surface area contributed by atoms with E-state index < -0.39 is 9.84 Å². The number of amidine groups is 1. The molecule has 2 aromatic rings. The Labute approximate surface area is 185 Å². The molecule has 10 heteroatoms. The molecular formula is C21H23N5O3S2. The number of anilines is 2. The monoisotopic (exact) mass is 457 g/mol. The van der Waals surface area contributed by atoms with Crippen LogP contribution in [0.25, 0.3) is 0 Å². The Bertz CT molecular complexity index is 1110. The largest absolute Gasteiger partial charge is 0.353 e. The molecule has 1 aromatic heterocycles. The number of rotatable bonds is 3. The molecule has 2 fully saturated rings. The number of hydrogen-bond donors (Lipinski definition) is 1. The van der Waals surface area contributed by atoms with Crippen molar-refractivity contribution in [2.45, 2.75) is 11.3 Å². The van der Waals surface area contributed by atoms with Crippen molar-refractivity contribution in [1.29, 1.82) is 0 Å². The number of sulfone groups is 1. The predicted octanol–water partition coefficient (Wildman–Crippen LogP) is 1.72. The maximum absolute atomic E-state index is 13.0. The van der Waals surface area contributed by atoms with Gasteiger partial charge in [0, 0.05) is 48.9 Å². The highest BCUT2D eigenvalue weighted by molar-refractivity contribution is 8.15. The van der Waals surface area contributed by atoms with Gasteiger partial charge in [-0.1, -0.05) is 23.9 Å². The second kappa shape index (κ2) is 8.16. The number of pyridine rings is 1. The molecule has 0 bridgehead atoms. The molecule has 3 aliphatic heterocycles. The molecule has 0 aliphatic carbocycles. The molecule has 1 N–H and O–H groups in total. The molecule has 3 aliphatic rings. The molecule has 162 valence electrons. The standard InChI is InChI=1S/C21H23N5O3S2/c27-20(26-10-8-25(9-11-26)19-6-1-2-7-22-19)15-4-3-5-16(12-15)23-21-24-17-13-31(28,29)14-18(17)30-21/h1-7,12,17-18H,8-11,13-14H2,(H,23,24)/t17-,18-/m1/s1. The van der Waals surface area contributed by atoms with E-state index in [0.29, 0.717) is 18.7 Å². The van der Waals surface area contributed by atoms with Crippen LogP contribution >= 0.6 is 11.8 Å².